The van der Waals surface area contributed by atoms with E-state index < -0.39 is 0 Å². The molecule has 2 amide bonds. The summed E-state index contributed by atoms with van der Waals surface area (Å²) in [6.45, 7) is 4.06. The fourth-order valence-electron chi connectivity index (χ4n) is 2.24. The molecule has 2 aromatic heterocycles. The molecule has 0 unspecified atom stereocenters. The van der Waals surface area contributed by atoms with Gasteiger partial charge in [0.2, 0.25) is 11.8 Å². The maximum Gasteiger partial charge on any atom is 0.319 e. The van der Waals surface area contributed by atoms with Crippen LogP contribution in [0.25, 0.3) is 11.5 Å². The van der Waals surface area contributed by atoms with E-state index in [9.17, 15) is 4.79 Å². The van der Waals surface area contributed by atoms with Crippen LogP contribution in [0.1, 0.15) is 15.9 Å². The first-order chi connectivity index (χ1) is 12.5. The molecule has 1 aromatic carbocycles. The smallest absolute Gasteiger partial charge is 0.319 e. The molecular formula is C16H18N6O3S. The lowest BCUT2D eigenvalue weighted by Crippen LogP contribution is -2.30. The second-order valence-corrected chi connectivity index (χ2v) is 6.65. The standard InChI is InChI=1S/C16H18N6O3S/c1-9-19-22-15(25-9)11-4-5-13(24-3)12(8-11)18-16(23)17-7-6-14-21-20-10(2)26-14/h4-5,8H,6-7H2,1-3H3,(H2,17,18,23). The number of nitrogens with zero attached hydrogens (tertiary/aromatic N) is 4. The van der Waals surface area contributed by atoms with E-state index in [0.717, 1.165) is 10.0 Å². The Morgan fingerprint density at radius 2 is 2.08 bits per heavy atom. The highest BCUT2D eigenvalue weighted by Crippen LogP contribution is 2.30. The Hall–Kier alpha value is -3.01. The van der Waals surface area contributed by atoms with Gasteiger partial charge in [-0.05, 0) is 25.1 Å². The second kappa shape index (κ2) is 7.91. The Morgan fingerprint density at radius 1 is 1.23 bits per heavy atom. The molecule has 0 spiro atoms. The van der Waals surface area contributed by atoms with Crippen molar-refractivity contribution in [2.75, 3.05) is 19.0 Å². The van der Waals surface area contributed by atoms with Gasteiger partial charge in [-0.3, -0.25) is 0 Å². The van der Waals surface area contributed by atoms with E-state index in [2.05, 4.69) is 31.0 Å². The molecule has 10 heteroatoms. The third-order valence-corrected chi connectivity index (χ3v) is 4.31. The van der Waals surface area contributed by atoms with Crippen molar-refractivity contribution in [2.45, 2.75) is 20.3 Å². The minimum Gasteiger partial charge on any atom is -0.495 e. The van der Waals surface area contributed by atoms with E-state index in [-0.39, 0.29) is 6.03 Å². The van der Waals surface area contributed by atoms with Crippen molar-refractivity contribution in [3.05, 3.63) is 34.1 Å². The molecule has 0 atom stereocenters. The van der Waals surface area contributed by atoms with Gasteiger partial charge >= 0.3 is 6.03 Å². The van der Waals surface area contributed by atoms with Crippen LogP contribution in [0.2, 0.25) is 0 Å². The zero-order chi connectivity index (χ0) is 18.5. The number of carbonyl (C=O) groups is 1. The summed E-state index contributed by atoms with van der Waals surface area (Å²) in [5.41, 5.74) is 1.19. The molecule has 2 heterocycles. The zero-order valence-electron chi connectivity index (χ0n) is 14.6. The molecule has 3 aromatic rings. The van der Waals surface area contributed by atoms with Crippen LogP contribution in [0.4, 0.5) is 10.5 Å². The largest absolute Gasteiger partial charge is 0.495 e. The number of benzene rings is 1. The molecule has 26 heavy (non-hydrogen) atoms. The molecule has 0 saturated heterocycles. The van der Waals surface area contributed by atoms with E-state index in [1.54, 1.807) is 25.1 Å². The number of hydrogen-bond acceptors (Lipinski definition) is 8. The summed E-state index contributed by atoms with van der Waals surface area (Å²) in [6.07, 6.45) is 0.622. The first kappa shape index (κ1) is 17.8. The van der Waals surface area contributed by atoms with Crippen LogP contribution in [0.5, 0.6) is 5.75 Å². The number of anilines is 1. The maximum absolute atomic E-state index is 12.2. The van der Waals surface area contributed by atoms with Crippen LogP contribution < -0.4 is 15.4 Å². The molecule has 3 rings (SSSR count). The number of carbonyl (C=O) groups excluding carboxylic acids is 1. The van der Waals surface area contributed by atoms with Gasteiger partial charge in [-0.25, -0.2) is 4.79 Å². The topological polar surface area (TPSA) is 115 Å². The molecular weight excluding hydrogens is 356 g/mol. The van der Waals surface area contributed by atoms with Crippen molar-refractivity contribution < 1.29 is 13.9 Å². The summed E-state index contributed by atoms with van der Waals surface area (Å²) in [4.78, 5) is 12.2. The molecule has 0 aliphatic carbocycles. The van der Waals surface area contributed by atoms with Crippen molar-refractivity contribution in [3.8, 4) is 17.2 Å². The van der Waals surface area contributed by atoms with Gasteiger partial charge in [0.1, 0.15) is 15.8 Å². The number of rotatable bonds is 6. The number of nitrogens with one attached hydrogen (secondary N) is 2. The predicted octanol–water partition coefficient (Wildman–Crippen LogP) is 2.58. The third-order valence-electron chi connectivity index (χ3n) is 3.41. The van der Waals surface area contributed by atoms with Crippen LogP contribution in [-0.4, -0.2) is 40.1 Å². The Morgan fingerprint density at radius 3 is 2.73 bits per heavy atom. The van der Waals surface area contributed by atoms with Gasteiger partial charge in [-0.15, -0.1) is 31.7 Å². The monoisotopic (exact) mass is 374 g/mol. The van der Waals surface area contributed by atoms with Crippen molar-refractivity contribution in [3.63, 3.8) is 0 Å². The van der Waals surface area contributed by atoms with Gasteiger partial charge < -0.3 is 19.8 Å². The molecule has 2 N–H and O–H groups in total. The summed E-state index contributed by atoms with van der Waals surface area (Å²) in [5, 5.41) is 23.1. The average Bonchev–Trinajstić information content (AvgIpc) is 3.23. The molecule has 9 nitrogen and oxygen atoms in total. The van der Waals surface area contributed by atoms with Gasteiger partial charge in [0.05, 0.1) is 12.8 Å². The average molecular weight is 374 g/mol. The summed E-state index contributed by atoms with van der Waals surface area (Å²) >= 11 is 1.51. The molecule has 136 valence electrons. The number of aromatic nitrogens is 4. The number of urea groups is 1. The molecule has 0 radical (unpaired) electrons. The SMILES string of the molecule is COc1ccc(-c2nnc(C)o2)cc1NC(=O)NCCc1nnc(C)s1. The summed E-state index contributed by atoms with van der Waals surface area (Å²) in [5.74, 6) is 1.37. The second-order valence-electron chi connectivity index (χ2n) is 5.39. The van der Waals surface area contributed by atoms with Crippen LogP contribution in [0, 0.1) is 13.8 Å². The summed E-state index contributed by atoms with van der Waals surface area (Å²) in [7, 11) is 1.53. The molecule has 0 aliphatic rings. The third kappa shape index (κ3) is 4.33. The summed E-state index contributed by atoms with van der Waals surface area (Å²) < 4.78 is 10.7. The zero-order valence-corrected chi connectivity index (χ0v) is 15.4. The van der Waals surface area contributed by atoms with Crippen LogP contribution in [-0.2, 0) is 6.42 Å². The van der Waals surface area contributed by atoms with E-state index in [4.69, 9.17) is 9.15 Å². The minimum absolute atomic E-state index is 0.344. The highest BCUT2D eigenvalue weighted by molar-refractivity contribution is 7.11. The normalized spacial score (nSPS) is 10.6. The predicted molar refractivity (Wildman–Crippen MR) is 96.4 cm³/mol. The minimum atomic E-state index is -0.344. The highest BCUT2D eigenvalue weighted by atomic mass is 32.1. The number of aryl methyl sites for hydroxylation is 2. The van der Waals surface area contributed by atoms with Gasteiger partial charge in [0.15, 0.2) is 0 Å². The first-order valence-corrected chi connectivity index (χ1v) is 8.69. The Kier molecular flexibility index (Phi) is 5.42. The van der Waals surface area contributed by atoms with Gasteiger partial charge in [-0.2, -0.15) is 0 Å². The Labute approximate surface area is 153 Å². The Bertz CT molecular complexity index is 907. The number of hydrogen-bond donors (Lipinski definition) is 2. The quantitative estimate of drug-likeness (QED) is 0.681. The van der Waals surface area contributed by atoms with Crippen LogP contribution in [0.3, 0.4) is 0 Å². The molecule has 0 bridgehead atoms. The molecule has 0 saturated carbocycles. The van der Waals surface area contributed by atoms with Crippen LogP contribution in [0.15, 0.2) is 22.6 Å². The van der Waals surface area contributed by atoms with E-state index >= 15 is 0 Å². The Balaban J connectivity index is 1.64. The van der Waals surface area contributed by atoms with Gasteiger partial charge in [0.25, 0.3) is 0 Å². The lowest BCUT2D eigenvalue weighted by molar-refractivity contribution is 0.252. The van der Waals surface area contributed by atoms with Crippen molar-refractivity contribution in [1.29, 1.82) is 0 Å². The highest BCUT2D eigenvalue weighted by Gasteiger charge is 2.12. The molecule has 0 aliphatic heterocycles. The van der Waals surface area contributed by atoms with E-state index in [0.29, 0.717) is 41.7 Å². The van der Waals surface area contributed by atoms with Crippen molar-refractivity contribution in [1.82, 2.24) is 25.7 Å². The van der Waals surface area contributed by atoms with Crippen molar-refractivity contribution >= 4 is 23.1 Å². The van der Waals surface area contributed by atoms with E-state index in [1.807, 2.05) is 6.92 Å². The van der Waals surface area contributed by atoms with Crippen LogP contribution >= 0.6 is 11.3 Å². The fourth-order valence-corrected chi connectivity index (χ4v) is 2.95. The fraction of sp³-hybridized carbons (Fsp3) is 0.312. The summed E-state index contributed by atoms with van der Waals surface area (Å²) in [6, 6.07) is 4.89. The van der Waals surface area contributed by atoms with E-state index in [1.165, 1.54) is 18.4 Å². The van der Waals surface area contributed by atoms with Gasteiger partial charge in [0, 0.05) is 25.5 Å². The number of methoxy groups -OCH3 is 1. The van der Waals surface area contributed by atoms with Gasteiger partial charge in [-0.1, -0.05) is 0 Å². The lowest BCUT2D eigenvalue weighted by Gasteiger charge is -2.11. The number of ether oxygens (including phenoxy) is 1. The lowest BCUT2D eigenvalue weighted by atomic mass is 10.2. The van der Waals surface area contributed by atoms with Crippen molar-refractivity contribution in [2.24, 2.45) is 0 Å². The molecule has 0 fully saturated rings. The first-order valence-electron chi connectivity index (χ1n) is 7.87. The maximum atomic E-state index is 12.2. The number of amides is 2.